The SMILES string of the molecule is CCCCCCCCCCN(CC)N(N(CC)CCCCCCCCCC)N(N(CC)CCCCCCCCCC)N(CC)CCCCCCCCCC. The van der Waals surface area contributed by atoms with E-state index < -0.39 is 0 Å². The fraction of sp³-hybridized carbons (Fsp3) is 1.00. The van der Waals surface area contributed by atoms with Crippen molar-refractivity contribution < 1.29 is 0 Å². The van der Waals surface area contributed by atoms with E-state index in [-0.39, 0.29) is 0 Å². The lowest BCUT2D eigenvalue weighted by Gasteiger charge is -2.53. The third-order valence-corrected chi connectivity index (χ3v) is 11.7. The van der Waals surface area contributed by atoms with Crippen molar-refractivity contribution in [3.05, 3.63) is 0 Å². The van der Waals surface area contributed by atoms with Crippen molar-refractivity contribution in [2.45, 2.75) is 261 Å². The fourth-order valence-corrected chi connectivity index (χ4v) is 8.02. The van der Waals surface area contributed by atoms with Gasteiger partial charge in [0.05, 0.1) is 0 Å². The minimum Gasteiger partial charge on any atom is -0.211 e. The molecule has 0 rings (SSSR count). The maximum absolute atomic E-state index is 2.72. The Balaban J connectivity index is 6.09. The lowest BCUT2D eigenvalue weighted by atomic mass is 10.1. The zero-order chi connectivity index (χ0) is 39.7. The Morgan fingerprint density at radius 2 is 0.333 bits per heavy atom. The van der Waals surface area contributed by atoms with Crippen LogP contribution in [-0.2, 0) is 0 Å². The van der Waals surface area contributed by atoms with Gasteiger partial charge in [0.2, 0.25) is 0 Å². The van der Waals surface area contributed by atoms with Crippen molar-refractivity contribution in [3.63, 3.8) is 0 Å². The molecule has 0 unspecified atom stereocenters. The van der Waals surface area contributed by atoms with Gasteiger partial charge < -0.3 is 0 Å². The number of hydrogen-bond donors (Lipinski definition) is 0. The quantitative estimate of drug-likeness (QED) is 0.0451. The van der Waals surface area contributed by atoms with Crippen molar-refractivity contribution in [3.8, 4) is 0 Å². The van der Waals surface area contributed by atoms with Gasteiger partial charge in [0.1, 0.15) is 0 Å². The van der Waals surface area contributed by atoms with Crippen LogP contribution in [0.25, 0.3) is 0 Å². The molecule has 6 nitrogen and oxygen atoms in total. The van der Waals surface area contributed by atoms with Gasteiger partial charge in [0, 0.05) is 52.4 Å². The van der Waals surface area contributed by atoms with E-state index in [0.29, 0.717) is 0 Å². The average molecular weight is 765 g/mol. The molecule has 0 N–H and O–H groups in total. The number of rotatable bonds is 45. The average Bonchev–Trinajstić information content (AvgIpc) is 3.19. The standard InChI is InChI=1S/C48H104N6/c1-9-17-21-25-29-33-37-41-45-49(13-5)53(50(14-6)46-42-38-34-30-26-22-18-10-2)54(51(15-7)47-43-39-35-31-27-23-19-11-3)52(16-8)48-44-40-36-32-28-24-20-12-4/h9-48H2,1-8H3. The maximum Gasteiger partial charge on any atom is 0.0161 e. The smallest absolute Gasteiger partial charge is 0.0161 e. The molecule has 0 heterocycles. The van der Waals surface area contributed by atoms with Crippen LogP contribution in [0.5, 0.6) is 0 Å². The van der Waals surface area contributed by atoms with Gasteiger partial charge in [-0.3, -0.25) is 0 Å². The van der Waals surface area contributed by atoms with E-state index in [9.17, 15) is 0 Å². The molecule has 0 amide bonds. The first kappa shape index (κ1) is 53.8. The molecule has 0 fully saturated rings. The van der Waals surface area contributed by atoms with Crippen LogP contribution in [0.3, 0.4) is 0 Å². The maximum atomic E-state index is 2.72. The Kier molecular flexibility index (Phi) is 42.2. The Labute approximate surface area is 342 Å². The van der Waals surface area contributed by atoms with Crippen LogP contribution in [0.4, 0.5) is 0 Å². The molecule has 0 saturated heterocycles. The lowest BCUT2D eigenvalue weighted by molar-refractivity contribution is -0.436. The van der Waals surface area contributed by atoms with E-state index in [2.05, 4.69) is 85.9 Å². The monoisotopic (exact) mass is 765 g/mol. The molecule has 0 spiro atoms. The summed E-state index contributed by atoms with van der Waals surface area (Å²) in [4.78, 5) is 0. The summed E-state index contributed by atoms with van der Waals surface area (Å²) in [6, 6.07) is 0. The minimum atomic E-state index is 1.05. The van der Waals surface area contributed by atoms with Crippen molar-refractivity contribution in [1.82, 2.24) is 30.5 Å². The third-order valence-electron chi connectivity index (χ3n) is 11.7. The van der Waals surface area contributed by atoms with Crippen LogP contribution in [0, 0.1) is 0 Å². The predicted molar refractivity (Wildman–Crippen MR) is 243 cm³/mol. The second-order valence-electron chi connectivity index (χ2n) is 16.6. The lowest BCUT2D eigenvalue weighted by Crippen LogP contribution is -2.70. The summed E-state index contributed by atoms with van der Waals surface area (Å²) in [6.07, 6.45) is 44.1. The molecule has 0 aromatic rings. The highest BCUT2D eigenvalue weighted by Crippen LogP contribution is 2.21. The Hall–Kier alpha value is -0.240. The summed E-state index contributed by atoms with van der Waals surface area (Å²) in [6.45, 7) is 27.7. The highest BCUT2D eigenvalue weighted by atomic mass is 16.2. The molecule has 0 aromatic carbocycles. The van der Waals surface area contributed by atoms with E-state index in [1.165, 1.54) is 205 Å². The Morgan fingerprint density at radius 3 is 0.481 bits per heavy atom. The second kappa shape index (κ2) is 42.4. The van der Waals surface area contributed by atoms with Crippen LogP contribution in [0.1, 0.15) is 261 Å². The number of nitrogens with zero attached hydrogens (tertiary/aromatic N) is 6. The highest BCUT2D eigenvalue weighted by molar-refractivity contribution is 4.63. The topological polar surface area (TPSA) is 19.4 Å². The molecular weight excluding hydrogens is 661 g/mol. The summed E-state index contributed by atoms with van der Waals surface area (Å²) in [7, 11) is 0. The molecule has 0 aliphatic carbocycles. The van der Waals surface area contributed by atoms with Crippen LogP contribution in [0.2, 0.25) is 0 Å². The van der Waals surface area contributed by atoms with Crippen molar-refractivity contribution in [2.75, 3.05) is 52.4 Å². The van der Waals surface area contributed by atoms with E-state index in [4.69, 9.17) is 0 Å². The van der Waals surface area contributed by atoms with E-state index in [0.717, 1.165) is 52.4 Å². The van der Waals surface area contributed by atoms with E-state index in [1.807, 2.05) is 0 Å². The van der Waals surface area contributed by atoms with Gasteiger partial charge in [-0.05, 0) is 25.7 Å². The van der Waals surface area contributed by atoms with Crippen LogP contribution >= 0.6 is 0 Å². The van der Waals surface area contributed by atoms with Gasteiger partial charge >= 0.3 is 0 Å². The first-order valence-electron chi connectivity index (χ1n) is 25.2. The van der Waals surface area contributed by atoms with Gasteiger partial charge in [-0.2, -0.15) is 0 Å². The molecule has 54 heavy (non-hydrogen) atoms. The first-order valence-corrected chi connectivity index (χ1v) is 25.2. The molecule has 6 heteroatoms. The zero-order valence-corrected chi connectivity index (χ0v) is 39.0. The van der Waals surface area contributed by atoms with Gasteiger partial charge in [0.15, 0.2) is 0 Å². The molecule has 0 saturated carbocycles. The molecule has 0 aromatic heterocycles. The summed E-state index contributed by atoms with van der Waals surface area (Å²) in [5.41, 5.74) is 0. The molecule has 0 aliphatic rings. The Morgan fingerprint density at radius 1 is 0.185 bits per heavy atom. The molecule has 0 aliphatic heterocycles. The number of unbranched alkanes of at least 4 members (excludes halogenated alkanes) is 28. The largest absolute Gasteiger partial charge is 0.211 e. The van der Waals surface area contributed by atoms with Gasteiger partial charge in [0.25, 0.3) is 0 Å². The van der Waals surface area contributed by atoms with Crippen LogP contribution in [-0.4, -0.2) is 82.8 Å². The summed E-state index contributed by atoms with van der Waals surface area (Å²) in [5, 5.41) is 16.3. The van der Waals surface area contributed by atoms with E-state index in [1.54, 1.807) is 0 Å². The number of hydrazine groups is 5. The molecule has 0 bridgehead atoms. The van der Waals surface area contributed by atoms with Crippen LogP contribution in [0.15, 0.2) is 0 Å². The summed E-state index contributed by atoms with van der Waals surface area (Å²) >= 11 is 0. The normalized spacial score (nSPS) is 12.3. The van der Waals surface area contributed by atoms with E-state index >= 15 is 0 Å². The fourth-order valence-electron chi connectivity index (χ4n) is 8.02. The van der Waals surface area contributed by atoms with Crippen LogP contribution < -0.4 is 0 Å². The second-order valence-corrected chi connectivity index (χ2v) is 16.6. The highest BCUT2D eigenvalue weighted by Gasteiger charge is 2.34. The zero-order valence-electron chi connectivity index (χ0n) is 39.0. The molecular formula is C48H104N6. The van der Waals surface area contributed by atoms with Gasteiger partial charge in [-0.1, -0.05) is 246 Å². The van der Waals surface area contributed by atoms with Crippen molar-refractivity contribution >= 4 is 0 Å². The predicted octanol–water partition coefficient (Wildman–Crippen LogP) is 15.0. The summed E-state index contributed by atoms with van der Waals surface area (Å²) in [5.74, 6) is 0. The first-order chi connectivity index (χ1) is 26.6. The van der Waals surface area contributed by atoms with Crippen molar-refractivity contribution in [2.24, 2.45) is 0 Å². The minimum absolute atomic E-state index is 1.05. The third kappa shape index (κ3) is 29.0. The molecule has 326 valence electrons. The summed E-state index contributed by atoms with van der Waals surface area (Å²) < 4.78 is 0. The van der Waals surface area contributed by atoms with Crippen molar-refractivity contribution in [1.29, 1.82) is 0 Å². The van der Waals surface area contributed by atoms with Gasteiger partial charge in [-0.25, -0.2) is 20.0 Å². The molecule has 0 atom stereocenters. The van der Waals surface area contributed by atoms with Gasteiger partial charge in [-0.15, -0.1) is 0 Å². The molecule has 0 radical (unpaired) electrons. The number of hydrogen-bond acceptors (Lipinski definition) is 6. The Bertz CT molecular complexity index is 593.